The number of anilines is 2. The van der Waals surface area contributed by atoms with Gasteiger partial charge in [0.2, 0.25) is 6.41 Å². The monoisotopic (exact) mass is 507 g/mol. The van der Waals surface area contributed by atoms with Crippen LogP contribution in [0.3, 0.4) is 0 Å². The SMILES string of the molecule is Cc1ccccc1Nc1nc2ccc(CC(=O)C3CCCN3C(O)OC3CCC(C(=O)O)CC3)cc2o1. The van der Waals surface area contributed by atoms with E-state index in [0.717, 1.165) is 23.2 Å². The van der Waals surface area contributed by atoms with Gasteiger partial charge in [-0.15, -0.1) is 0 Å². The number of carboxylic acid groups (broad SMARTS) is 1. The maximum absolute atomic E-state index is 13.2. The average molecular weight is 508 g/mol. The Morgan fingerprint density at radius 1 is 1.16 bits per heavy atom. The molecule has 0 radical (unpaired) electrons. The van der Waals surface area contributed by atoms with E-state index in [1.807, 2.05) is 49.4 Å². The average Bonchev–Trinajstić information content (AvgIpc) is 3.53. The van der Waals surface area contributed by atoms with Crippen molar-refractivity contribution in [1.29, 1.82) is 0 Å². The number of aliphatic carboxylic acids is 1. The Balaban J connectivity index is 1.20. The summed E-state index contributed by atoms with van der Waals surface area (Å²) in [5, 5.41) is 23.1. The quantitative estimate of drug-likeness (QED) is 0.362. The van der Waals surface area contributed by atoms with Crippen LogP contribution in [0.25, 0.3) is 11.1 Å². The van der Waals surface area contributed by atoms with Crippen LogP contribution in [-0.4, -0.2) is 57.0 Å². The van der Waals surface area contributed by atoms with Crippen molar-refractivity contribution in [2.75, 3.05) is 11.9 Å². The molecule has 1 aromatic heterocycles. The molecule has 1 saturated heterocycles. The summed E-state index contributed by atoms with van der Waals surface area (Å²) in [7, 11) is 0. The molecule has 2 unspecified atom stereocenters. The van der Waals surface area contributed by atoms with Crippen LogP contribution in [0.4, 0.5) is 11.7 Å². The van der Waals surface area contributed by atoms with E-state index in [2.05, 4.69) is 10.3 Å². The largest absolute Gasteiger partial charge is 0.481 e. The van der Waals surface area contributed by atoms with E-state index >= 15 is 0 Å². The number of nitrogens with zero attached hydrogens (tertiary/aromatic N) is 2. The zero-order valence-electron chi connectivity index (χ0n) is 20.9. The van der Waals surface area contributed by atoms with Crippen LogP contribution in [-0.2, 0) is 20.7 Å². The number of benzene rings is 2. The maximum atomic E-state index is 13.2. The molecule has 2 fully saturated rings. The van der Waals surface area contributed by atoms with Crippen LogP contribution in [0.5, 0.6) is 0 Å². The third-order valence-corrected chi connectivity index (χ3v) is 7.51. The molecule has 2 heterocycles. The number of aliphatic hydroxyl groups excluding tert-OH is 1. The summed E-state index contributed by atoms with van der Waals surface area (Å²) in [6.07, 6.45) is 2.60. The molecule has 3 N–H and O–H groups in total. The van der Waals surface area contributed by atoms with Crippen LogP contribution in [0.2, 0.25) is 0 Å². The van der Waals surface area contributed by atoms with Gasteiger partial charge < -0.3 is 24.7 Å². The number of carbonyl (C=O) groups is 2. The number of hydrogen-bond donors (Lipinski definition) is 3. The van der Waals surface area contributed by atoms with E-state index in [9.17, 15) is 19.8 Å². The van der Waals surface area contributed by atoms with E-state index < -0.39 is 18.4 Å². The number of aliphatic hydroxyl groups is 1. The maximum Gasteiger partial charge on any atom is 0.306 e. The summed E-state index contributed by atoms with van der Waals surface area (Å²) in [5.74, 6) is -1.09. The van der Waals surface area contributed by atoms with Crippen molar-refractivity contribution in [3.05, 3.63) is 53.6 Å². The highest BCUT2D eigenvalue weighted by molar-refractivity contribution is 5.87. The first-order chi connectivity index (χ1) is 17.9. The highest BCUT2D eigenvalue weighted by Crippen LogP contribution is 2.30. The van der Waals surface area contributed by atoms with E-state index in [1.54, 1.807) is 4.90 Å². The number of likely N-dealkylation sites (tertiary alicyclic amines) is 1. The molecule has 0 bridgehead atoms. The Morgan fingerprint density at radius 2 is 1.95 bits per heavy atom. The van der Waals surface area contributed by atoms with Crippen molar-refractivity contribution in [3.63, 3.8) is 0 Å². The number of oxazole rings is 1. The minimum atomic E-state index is -1.17. The molecule has 2 aromatic carbocycles. The smallest absolute Gasteiger partial charge is 0.306 e. The van der Waals surface area contributed by atoms with Crippen molar-refractivity contribution in [1.82, 2.24) is 9.88 Å². The Morgan fingerprint density at radius 3 is 2.70 bits per heavy atom. The lowest BCUT2D eigenvalue weighted by Gasteiger charge is -2.33. The second-order valence-electron chi connectivity index (χ2n) is 10.1. The highest BCUT2D eigenvalue weighted by Gasteiger charge is 2.37. The number of carboxylic acids is 1. The fourth-order valence-electron chi connectivity index (χ4n) is 5.38. The topological polar surface area (TPSA) is 125 Å². The first-order valence-corrected chi connectivity index (χ1v) is 12.9. The molecular weight excluding hydrogens is 474 g/mol. The van der Waals surface area contributed by atoms with E-state index in [-0.39, 0.29) is 24.2 Å². The van der Waals surface area contributed by atoms with Crippen molar-refractivity contribution in [3.8, 4) is 0 Å². The molecule has 1 aliphatic heterocycles. The van der Waals surface area contributed by atoms with Gasteiger partial charge in [-0.25, -0.2) is 4.90 Å². The summed E-state index contributed by atoms with van der Waals surface area (Å²) in [5.41, 5.74) is 4.13. The van der Waals surface area contributed by atoms with Crippen LogP contribution in [0.15, 0.2) is 46.9 Å². The predicted octanol–water partition coefficient (Wildman–Crippen LogP) is 4.39. The zero-order valence-corrected chi connectivity index (χ0v) is 20.9. The molecule has 9 heteroatoms. The molecule has 1 saturated carbocycles. The van der Waals surface area contributed by atoms with Crippen LogP contribution in [0, 0.1) is 12.8 Å². The third kappa shape index (κ3) is 5.84. The van der Waals surface area contributed by atoms with Gasteiger partial charge in [0, 0.05) is 18.7 Å². The highest BCUT2D eigenvalue weighted by atomic mass is 16.6. The van der Waals surface area contributed by atoms with E-state index in [4.69, 9.17) is 9.15 Å². The summed E-state index contributed by atoms with van der Waals surface area (Å²) >= 11 is 0. The molecule has 196 valence electrons. The first-order valence-electron chi connectivity index (χ1n) is 12.9. The number of fused-ring (bicyclic) bond motifs is 1. The fraction of sp³-hybridized carbons (Fsp3) is 0.464. The lowest BCUT2D eigenvalue weighted by Crippen LogP contribution is -2.46. The second-order valence-corrected chi connectivity index (χ2v) is 10.1. The minimum absolute atomic E-state index is 0.0202. The number of para-hydroxylation sites is 1. The van der Waals surface area contributed by atoms with Crippen molar-refractivity contribution in [2.45, 2.75) is 70.4 Å². The fourth-order valence-corrected chi connectivity index (χ4v) is 5.38. The van der Waals surface area contributed by atoms with Crippen LogP contribution < -0.4 is 5.32 Å². The minimum Gasteiger partial charge on any atom is -0.481 e. The molecule has 2 aliphatic rings. The number of hydrogen-bond acceptors (Lipinski definition) is 8. The summed E-state index contributed by atoms with van der Waals surface area (Å²) in [4.78, 5) is 30.6. The van der Waals surface area contributed by atoms with Gasteiger partial charge in [-0.2, -0.15) is 4.98 Å². The standard InChI is InChI=1S/C28H33N3O6/c1-17-5-2-3-6-21(17)29-27-30-22-13-8-18(16-25(22)37-27)15-24(32)23-7-4-14-31(23)28(35)36-20-11-9-19(10-12-20)26(33)34/h2-3,5-6,8,13,16,19-20,23,28,35H,4,7,9-12,14-15H2,1H3,(H,29,30)(H,33,34). The van der Waals surface area contributed by atoms with Gasteiger partial charge >= 0.3 is 5.97 Å². The van der Waals surface area contributed by atoms with Crippen LogP contribution in [0.1, 0.15) is 49.7 Å². The van der Waals surface area contributed by atoms with Gasteiger partial charge in [0.1, 0.15) is 5.52 Å². The Bertz CT molecular complexity index is 1270. The number of nitrogens with one attached hydrogen (secondary N) is 1. The Hall–Kier alpha value is -3.27. The number of aromatic nitrogens is 1. The van der Waals surface area contributed by atoms with E-state index in [1.165, 1.54) is 0 Å². The number of ether oxygens (including phenoxy) is 1. The van der Waals surface area contributed by atoms with Gasteiger partial charge in [-0.1, -0.05) is 24.3 Å². The van der Waals surface area contributed by atoms with Gasteiger partial charge in [0.25, 0.3) is 6.01 Å². The summed E-state index contributed by atoms with van der Waals surface area (Å²) < 4.78 is 11.8. The molecule has 1 aliphatic carbocycles. The molecule has 0 spiro atoms. The van der Waals surface area contributed by atoms with Gasteiger partial charge in [-0.3, -0.25) is 9.59 Å². The third-order valence-electron chi connectivity index (χ3n) is 7.51. The second kappa shape index (κ2) is 11.0. The molecule has 37 heavy (non-hydrogen) atoms. The predicted molar refractivity (Wildman–Crippen MR) is 137 cm³/mol. The lowest BCUT2D eigenvalue weighted by atomic mass is 9.87. The number of rotatable bonds is 9. The molecule has 5 rings (SSSR count). The molecule has 9 nitrogen and oxygen atoms in total. The van der Waals surface area contributed by atoms with Crippen molar-refractivity contribution in [2.24, 2.45) is 5.92 Å². The number of Topliss-reactive ketones (excluding diaryl/α,β-unsaturated/α-hetero) is 1. The first kappa shape index (κ1) is 25.4. The van der Waals surface area contributed by atoms with Gasteiger partial charge in [0.15, 0.2) is 11.4 Å². The molecular formula is C28H33N3O6. The van der Waals surface area contributed by atoms with E-state index in [0.29, 0.717) is 55.8 Å². The Kier molecular flexibility index (Phi) is 7.55. The number of ketones is 1. The number of carbonyl (C=O) groups excluding carboxylic acids is 1. The molecule has 0 amide bonds. The van der Waals surface area contributed by atoms with Crippen LogP contribution >= 0.6 is 0 Å². The van der Waals surface area contributed by atoms with Crippen molar-refractivity contribution >= 4 is 34.6 Å². The Labute approximate surface area is 215 Å². The van der Waals surface area contributed by atoms with Gasteiger partial charge in [-0.05, 0) is 74.8 Å². The summed E-state index contributed by atoms with van der Waals surface area (Å²) in [6.45, 7) is 2.59. The van der Waals surface area contributed by atoms with Crippen molar-refractivity contribution < 1.29 is 29.0 Å². The summed E-state index contributed by atoms with van der Waals surface area (Å²) in [6, 6.07) is 13.4. The number of aryl methyl sites for hydroxylation is 1. The molecule has 2 atom stereocenters. The van der Waals surface area contributed by atoms with Gasteiger partial charge in [0.05, 0.1) is 18.1 Å². The normalized spacial score (nSPS) is 23.2. The zero-order chi connectivity index (χ0) is 25.9. The lowest BCUT2D eigenvalue weighted by molar-refractivity contribution is -0.226. The molecule has 3 aromatic rings.